The third-order valence-electron chi connectivity index (χ3n) is 4.49. The number of non-ortho nitro benzene ring substituents is 1. The van der Waals surface area contributed by atoms with Crippen molar-refractivity contribution in [2.75, 3.05) is 6.61 Å². The number of rotatable bonds is 5. The molecule has 1 unspecified atom stereocenters. The lowest BCUT2D eigenvalue weighted by Crippen LogP contribution is -2.52. The Hall–Kier alpha value is -3.07. The first-order chi connectivity index (χ1) is 12.7. The van der Waals surface area contributed by atoms with Crippen molar-refractivity contribution in [2.45, 2.75) is 17.9 Å². The van der Waals surface area contributed by atoms with E-state index >= 15 is 0 Å². The van der Waals surface area contributed by atoms with Crippen LogP contribution in [0.2, 0.25) is 0 Å². The van der Waals surface area contributed by atoms with Crippen LogP contribution in [0.3, 0.4) is 0 Å². The quantitative estimate of drug-likeness (QED) is 0.613. The first-order valence-corrected chi connectivity index (χ1v) is 7.89. The van der Waals surface area contributed by atoms with Gasteiger partial charge in [-0.15, -0.1) is 0 Å². The molecule has 2 aromatic carbocycles. The number of primary amides is 1. The summed E-state index contributed by atoms with van der Waals surface area (Å²) in [7, 11) is 0. The number of nitrogens with zero attached hydrogens (tertiary/aromatic N) is 1. The number of fused-ring (bicyclic) bond motifs is 1. The van der Waals surface area contributed by atoms with Crippen LogP contribution in [0.15, 0.2) is 48.5 Å². The van der Waals surface area contributed by atoms with E-state index < -0.39 is 47.0 Å². The first kappa shape index (κ1) is 18.7. The number of hydrogen-bond acceptors (Lipinski definition) is 5. The molecule has 9 heteroatoms. The van der Waals surface area contributed by atoms with Gasteiger partial charge in [0, 0.05) is 29.7 Å². The molecule has 1 aliphatic rings. The number of amides is 1. The van der Waals surface area contributed by atoms with E-state index in [1.165, 1.54) is 12.1 Å². The Morgan fingerprint density at radius 2 is 1.96 bits per heavy atom. The fourth-order valence-corrected chi connectivity index (χ4v) is 3.09. The van der Waals surface area contributed by atoms with E-state index in [0.29, 0.717) is 0 Å². The van der Waals surface area contributed by atoms with Gasteiger partial charge < -0.3 is 15.6 Å². The van der Waals surface area contributed by atoms with Crippen molar-refractivity contribution in [3.63, 3.8) is 0 Å². The predicted octanol–water partition coefficient (Wildman–Crippen LogP) is 2.31. The molecule has 1 radical (unpaired) electrons. The normalized spacial score (nSPS) is 19.8. The number of aliphatic hydroxyl groups is 1. The minimum atomic E-state index is -3.73. The molecule has 1 heterocycles. The highest BCUT2D eigenvalue weighted by Crippen LogP contribution is 2.51. The van der Waals surface area contributed by atoms with Crippen molar-refractivity contribution in [3.8, 4) is 5.75 Å². The molecule has 3 N–H and O–H groups in total. The first-order valence-electron chi connectivity index (χ1n) is 7.89. The van der Waals surface area contributed by atoms with Crippen molar-refractivity contribution >= 4 is 11.6 Å². The van der Waals surface area contributed by atoms with Gasteiger partial charge in [-0.05, 0) is 6.07 Å². The Kier molecular flexibility index (Phi) is 4.56. The second-order valence-electron chi connectivity index (χ2n) is 6.11. The molecular formula is C18H15F2N2O5. The molecule has 27 heavy (non-hydrogen) atoms. The molecule has 0 saturated carbocycles. The van der Waals surface area contributed by atoms with Gasteiger partial charge in [0.25, 0.3) is 17.5 Å². The third kappa shape index (κ3) is 3.10. The Bertz CT molecular complexity index is 891. The van der Waals surface area contributed by atoms with Crippen LogP contribution in [-0.2, 0) is 10.4 Å². The van der Waals surface area contributed by atoms with Crippen LogP contribution in [0.5, 0.6) is 5.75 Å². The lowest BCUT2D eigenvalue weighted by atomic mass is 9.75. The van der Waals surface area contributed by atoms with E-state index in [0.717, 1.165) is 18.2 Å². The largest absolute Gasteiger partial charge is 0.472 e. The lowest BCUT2D eigenvalue weighted by molar-refractivity contribution is -0.385. The monoisotopic (exact) mass is 377 g/mol. The standard InChI is InChI=1S/C18H15F2N2O5/c19-18(20,10-23)14-9-17(16(21)24,11-4-2-1-3-5-11)27-15-7-6-12(22(25)26)8-13(14)15/h1-8,23H,9-10H2,(H2,21,24). The minimum Gasteiger partial charge on any atom is -0.472 e. The second kappa shape index (κ2) is 6.58. The molecule has 0 aliphatic carbocycles. The molecule has 0 saturated heterocycles. The van der Waals surface area contributed by atoms with Crippen LogP contribution in [0.25, 0.3) is 0 Å². The number of carbonyl (C=O) groups is 1. The summed E-state index contributed by atoms with van der Waals surface area (Å²) in [6, 6.07) is 11.0. The van der Waals surface area contributed by atoms with Crippen molar-refractivity contribution < 1.29 is 28.3 Å². The van der Waals surface area contributed by atoms with Gasteiger partial charge in [0.05, 0.1) is 10.8 Å². The van der Waals surface area contributed by atoms with Gasteiger partial charge in [-0.1, -0.05) is 30.3 Å². The summed E-state index contributed by atoms with van der Waals surface area (Å²) in [5, 5.41) is 20.2. The molecule has 1 atom stereocenters. The van der Waals surface area contributed by atoms with E-state index in [9.17, 15) is 23.7 Å². The Balaban J connectivity index is 2.23. The van der Waals surface area contributed by atoms with Crippen LogP contribution in [0.1, 0.15) is 17.5 Å². The van der Waals surface area contributed by atoms with Crippen LogP contribution < -0.4 is 10.5 Å². The number of nitro groups is 1. The average molecular weight is 377 g/mol. The van der Waals surface area contributed by atoms with Crippen LogP contribution >= 0.6 is 0 Å². The fourth-order valence-electron chi connectivity index (χ4n) is 3.09. The predicted molar refractivity (Wildman–Crippen MR) is 90.0 cm³/mol. The van der Waals surface area contributed by atoms with E-state index in [1.807, 2.05) is 0 Å². The SMILES string of the molecule is NC(=O)C1(c2ccccc2)C[C](C(F)(F)CO)c2cc([N+](=O)[O-])ccc2O1. The highest BCUT2D eigenvalue weighted by Gasteiger charge is 2.55. The number of carbonyl (C=O) groups excluding carboxylic acids is 1. The Morgan fingerprint density at radius 1 is 1.30 bits per heavy atom. The molecule has 141 valence electrons. The molecule has 0 spiro atoms. The van der Waals surface area contributed by atoms with E-state index in [-0.39, 0.29) is 16.9 Å². The smallest absolute Gasteiger partial charge is 0.281 e. The van der Waals surface area contributed by atoms with Crippen molar-refractivity contribution in [2.24, 2.45) is 5.73 Å². The summed E-state index contributed by atoms with van der Waals surface area (Å²) in [5.41, 5.74) is 3.19. The van der Waals surface area contributed by atoms with E-state index in [4.69, 9.17) is 15.6 Å². The van der Waals surface area contributed by atoms with E-state index in [1.54, 1.807) is 18.2 Å². The van der Waals surface area contributed by atoms with Gasteiger partial charge in [0.2, 0.25) is 5.60 Å². The van der Waals surface area contributed by atoms with Gasteiger partial charge in [-0.25, -0.2) is 8.78 Å². The molecule has 0 aromatic heterocycles. The number of alkyl halides is 2. The topological polar surface area (TPSA) is 116 Å². The maximum atomic E-state index is 14.5. The molecule has 0 fully saturated rings. The van der Waals surface area contributed by atoms with Gasteiger partial charge >= 0.3 is 0 Å². The number of benzene rings is 2. The van der Waals surface area contributed by atoms with Gasteiger partial charge in [-0.2, -0.15) is 0 Å². The maximum absolute atomic E-state index is 14.5. The van der Waals surface area contributed by atoms with Crippen LogP contribution in [0.4, 0.5) is 14.5 Å². The van der Waals surface area contributed by atoms with Crippen LogP contribution in [0, 0.1) is 16.0 Å². The zero-order valence-corrected chi connectivity index (χ0v) is 13.9. The van der Waals surface area contributed by atoms with Gasteiger partial charge in [-0.3, -0.25) is 14.9 Å². The summed E-state index contributed by atoms with van der Waals surface area (Å²) < 4.78 is 34.8. The Morgan fingerprint density at radius 3 is 2.52 bits per heavy atom. The van der Waals surface area contributed by atoms with Gasteiger partial charge in [0.1, 0.15) is 12.4 Å². The third-order valence-corrected chi connectivity index (χ3v) is 4.49. The minimum absolute atomic E-state index is 0.155. The maximum Gasteiger partial charge on any atom is 0.281 e. The summed E-state index contributed by atoms with van der Waals surface area (Å²) >= 11 is 0. The van der Waals surface area contributed by atoms with Crippen molar-refractivity contribution in [3.05, 3.63) is 75.7 Å². The zero-order valence-electron chi connectivity index (χ0n) is 13.9. The highest BCUT2D eigenvalue weighted by molar-refractivity contribution is 5.87. The van der Waals surface area contributed by atoms with Crippen molar-refractivity contribution in [1.29, 1.82) is 0 Å². The molecule has 2 aromatic rings. The fraction of sp³-hybridized carbons (Fsp3) is 0.222. The number of ether oxygens (including phenoxy) is 1. The second-order valence-corrected chi connectivity index (χ2v) is 6.11. The number of hydrogen-bond donors (Lipinski definition) is 2. The molecule has 1 aliphatic heterocycles. The Labute approximate surface area is 152 Å². The number of nitrogens with two attached hydrogens (primary N) is 1. The summed E-state index contributed by atoms with van der Waals surface area (Å²) in [4.78, 5) is 22.6. The van der Waals surface area contributed by atoms with Gasteiger partial charge in [0.15, 0.2) is 0 Å². The summed E-state index contributed by atoms with van der Waals surface area (Å²) in [5.74, 6) is -5.54. The van der Waals surface area contributed by atoms with E-state index in [2.05, 4.69) is 0 Å². The molecule has 7 nitrogen and oxygen atoms in total. The molecule has 3 rings (SSSR count). The molecular weight excluding hydrogens is 362 g/mol. The zero-order chi connectivity index (χ0) is 19.8. The summed E-state index contributed by atoms with van der Waals surface area (Å²) in [6.45, 7) is -1.53. The number of halogens is 2. The van der Waals surface area contributed by atoms with Crippen molar-refractivity contribution in [1.82, 2.24) is 0 Å². The summed E-state index contributed by atoms with van der Waals surface area (Å²) in [6.07, 6.45) is -0.659. The number of aliphatic hydroxyl groups excluding tert-OH is 1. The molecule has 1 amide bonds. The van der Waals surface area contributed by atoms with Crippen LogP contribution in [-0.4, -0.2) is 28.5 Å². The highest BCUT2D eigenvalue weighted by atomic mass is 19.3. The lowest BCUT2D eigenvalue weighted by Gasteiger charge is -2.41. The number of nitro benzene ring substituents is 1. The molecule has 0 bridgehead atoms. The average Bonchev–Trinajstić information content (AvgIpc) is 2.67.